The molecule has 35 heavy (non-hydrogen) atoms. The van der Waals surface area contributed by atoms with E-state index in [2.05, 4.69) is 125 Å². The Morgan fingerprint density at radius 3 is 1.83 bits per heavy atom. The van der Waals surface area contributed by atoms with Gasteiger partial charge in [-0.15, -0.1) is 0 Å². The minimum atomic E-state index is 0.954. The van der Waals surface area contributed by atoms with Crippen molar-refractivity contribution in [1.82, 2.24) is 4.98 Å². The number of fused-ring (bicyclic) bond motifs is 7. The van der Waals surface area contributed by atoms with E-state index in [-0.39, 0.29) is 0 Å². The fraction of sp³-hybridized carbons (Fsp3) is 0.0303. The average molecular weight is 447 g/mol. The van der Waals surface area contributed by atoms with E-state index >= 15 is 0 Å². The van der Waals surface area contributed by atoms with Crippen molar-refractivity contribution in [2.45, 2.75) is 6.42 Å². The summed E-state index contributed by atoms with van der Waals surface area (Å²) in [7, 11) is 0. The van der Waals surface area contributed by atoms with E-state index in [9.17, 15) is 0 Å². The minimum Gasteiger partial charge on any atom is -0.354 e. The molecular formula is C33H22N2. The first-order chi connectivity index (χ1) is 17.3. The van der Waals surface area contributed by atoms with Crippen LogP contribution in [0, 0.1) is 0 Å². The van der Waals surface area contributed by atoms with Gasteiger partial charge < -0.3 is 9.88 Å². The van der Waals surface area contributed by atoms with Crippen LogP contribution in [0.1, 0.15) is 11.1 Å². The van der Waals surface area contributed by atoms with E-state index in [1.807, 2.05) is 0 Å². The number of H-pyrrole nitrogens is 1. The van der Waals surface area contributed by atoms with Gasteiger partial charge in [0.25, 0.3) is 0 Å². The number of hydrogen-bond acceptors (Lipinski definition) is 1. The van der Waals surface area contributed by atoms with E-state index in [1.165, 1.54) is 71.5 Å². The summed E-state index contributed by atoms with van der Waals surface area (Å²) in [5.74, 6) is 0. The first-order valence-electron chi connectivity index (χ1n) is 12.2. The Balaban J connectivity index is 1.59. The molecule has 2 heterocycles. The summed E-state index contributed by atoms with van der Waals surface area (Å²) in [6, 6.07) is 42.0. The van der Waals surface area contributed by atoms with Crippen molar-refractivity contribution in [3.05, 3.63) is 126 Å². The van der Waals surface area contributed by atoms with Gasteiger partial charge in [-0.05, 0) is 57.6 Å². The predicted molar refractivity (Wildman–Crippen MR) is 148 cm³/mol. The van der Waals surface area contributed by atoms with Crippen LogP contribution >= 0.6 is 0 Å². The number of hydrogen-bond donors (Lipinski definition) is 1. The van der Waals surface area contributed by atoms with Crippen molar-refractivity contribution in [2.24, 2.45) is 0 Å². The summed E-state index contributed by atoms with van der Waals surface area (Å²) in [4.78, 5) is 6.26. The Labute approximate surface area is 203 Å². The van der Waals surface area contributed by atoms with E-state index in [1.54, 1.807) is 0 Å². The number of anilines is 3. The van der Waals surface area contributed by atoms with Gasteiger partial charge in [0.15, 0.2) is 0 Å². The number of benzene rings is 6. The molecule has 0 atom stereocenters. The van der Waals surface area contributed by atoms with E-state index in [4.69, 9.17) is 0 Å². The van der Waals surface area contributed by atoms with Crippen LogP contribution in [0.15, 0.2) is 115 Å². The molecular weight excluding hydrogens is 424 g/mol. The zero-order valence-corrected chi connectivity index (χ0v) is 19.1. The van der Waals surface area contributed by atoms with Crippen LogP contribution in [0.5, 0.6) is 0 Å². The van der Waals surface area contributed by atoms with E-state index in [0.29, 0.717) is 0 Å². The van der Waals surface area contributed by atoms with Crippen molar-refractivity contribution in [1.29, 1.82) is 0 Å². The molecule has 0 aliphatic carbocycles. The first kappa shape index (κ1) is 18.8. The lowest BCUT2D eigenvalue weighted by molar-refractivity contribution is 1.09. The highest BCUT2D eigenvalue weighted by atomic mass is 15.2. The third-order valence-corrected chi connectivity index (χ3v) is 7.52. The molecule has 2 nitrogen and oxygen atoms in total. The van der Waals surface area contributed by atoms with Gasteiger partial charge in [0.1, 0.15) is 0 Å². The molecule has 0 saturated carbocycles. The number of aromatic amines is 1. The molecule has 0 fully saturated rings. The summed E-state index contributed by atoms with van der Waals surface area (Å²) in [6.45, 7) is 0. The third-order valence-electron chi connectivity index (χ3n) is 7.52. The van der Waals surface area contributed by atoms with Crippen LogP contribution in [0.4, 0.5) is 17.1 Å². The number of aromatic nitrogens is 1. The molecule has 0 bridgehead atoms. The molecule has 0 saturated heterocycles. The second-order valence-corrected chi connectivity index (χ2v) is 9.51. The summed E-state index contributed by atoms with van der Waals surface area (Å²) < 4.78 is 0. The van der Waals surface area contributed by atoms with Gasteiger partial charge >= 0.3 is 0 Å². The second-order valence-electron chi connectivity index (χ2n) is 9.51. The lowest BCUT2D eigenvalue weighted by atomic mass is 9.93. The molecule has 0 amide bonds. The van der Waals surface area contributed by atoms with Crippen molar-refractivity contribution in [3.63, 3.8) is 0 Å². The monoisotopic (exact) mass is 446 g/mol. The van der Waals surface area contributed by atoms with Crippen LogP contribution in [0.25, 0.3) is 43.4 Å². The quantitative estimate of drug-likeness (QED) is 0.266. The average Bonchev–Trinajstić information content (AvgIpc) is 3.26. The molecule has 1 aromatic heterocycles. The van der Waals surface area contributed by atoms with Crippen molar-refractivity contribution >= 4 is 60.4 Å². The zero-order chi connectivity index (χ0) is 22.9. The molecule has 6 aromatic carbocycles. The fourth-order valence-electron chi connectivity index (χ4n) is 5.96. The highest BCUT2D eigenvalue weighted by molar-refractivity contribution is 6.24. The second kappa shape index (κ2) is 6.97. The summed E-state index contributed by atoms with van der Waals surface area (Å²) in [5, 5.41) is 7.56. The largest absolute Gasteiger partial charge is 0.354 e. The standard InChI is InChI=1S/C33H22N2/c1-2-10-22-19-28-27(18-21(22)9-1)32-29(34-28)20-23-11-3-6-14-26(23)33(32)35-30-15-7-4-12-24(30)17-25-13-5-8-16-31(25)35/h1-16,18-20,34H,17H2. The van der Waals surface area contributed by atoms with Crippen LogP contribution in [0.2, 0.25) is 0 Å². The van der Waals surface area contributed by atoms with Crippen LogP contribution in [0.3, 0.4) is 0 Å². The smallest absolute Gasteiger partial charge is 0.0640 e. The molecule has 8 rings (SSSR count). The Morgan fingerprint density at radius 1 is 0.514 bits per heavy atom. The lowest BCUT2D eigenvalue weighted by Gasteiger charge is -2.34. The Bertz CT molecular complexity index is 1900. The number of rotatable bonds is 1. The molecule has 164 valence electrons. The van der Waals surface area contributed by atoms with Gasteiger partial charge in [0.2, 0.25) is 0 Å². The molecule has 0 unspecified atom stereocenters. The van der Waals surface area contributed by atoms with Gasteiger partial charge in [0.05, 0.1) is 5.69 Å². The maximum atomic E-state index is 3.76. The lowest BCUT2D eigenvalue weighted by Crippen LogP contribution is -2.19. The van der Waals surface area contributed by atoms with Gasteiger partial charge in [-0.2, -0.15) is 0 Å². The van der Waals surface area contributed by atoms with Crippen LogP contribution in [-0.2, 0) is 6.42 Å². The van der Waals surface area contributed by atoms with Gasteiger partial charge in [-0.3, -0.25) is 0 Å². The number of nitrogens with zero attached hydrogens (tertiary/aromatic N) is 1. The maximum absolute atomic E-state index is 3.76. The first-order valence-corrected chi connectivity index (χ1v) is 12.2. The van der Waals surface area contributed by atoms with E-state index < -0.39 is 0 Å². The SMILES string of the molecule is c1ccc2c(c1)Cc1ccccc1N2c1c2ccccc2cc2[nH]c3cc4ccccc4cc3c12. The summed E-state index contributed by atoms with van der Waals surface area (Å²) in [6.07, 6.45) is 0.954. The molecule has 2 heteroatoms. The minimum absolute atomic E-state index is 0.954. The highest BCUT2D eigenvalue weighted by Gasteiger charge is 2.27. The van der Waals surface area contributed by atoms with Gasteiger partial charge in [0, 0.05) is 45.0 Å². The topological polar surface area (TPSA) is 19.0 Å². The van der Waals surface area contributed by atoms with Crippen molar-refractivity contribution in [2.75, 3.05) is 4.90 Å². The van der Waals surface area contributed by atoms with Gasteiger partial charge in [-0.1, -0.05) is 84.9 Å². The Morgan fingerprint density at radius 2 is 1.09 bits per heavy atom. The maximum Gasteiger partial charge on any atom is 0.0640 e. The van der Waals surface area contributed by atoms with Crippen LogP contribution in [-0.4, -0.2) is 4.98 Å². The molecule has 1 aliphatic rings. The molecule has 1 aliphatic heterocycles. The molecule has 0 spiro atoms. The Kier molecular flexibility index (Phi) is 3.75. The molecule has 0 radical (unpaired) electrons. The van der Waals surface area contributed by atoms with Crippen molar-refractivity contribution in [3.8, 4) is 0 Å². The predicted octanol–water partition coefficient (Wildman–Crippen LogP) is 9.00. The molecule has 1 N–H and O–H groups in total. The normalized spacial score (nSPS) is 13.0. The van der Waals surface area contributed by atoms with Crippen LogP contribution < -0.4 is 4.90 Å². The number of nitrogens with one attached hydrogen (secondary N) is 1. The zero-order valence-electron chi connectivity index (χ0n) is 19.1. The Hall–Kier alpha value is -4.56. The van der Waals surface area contributed by atoms with E-state index in [0.717, 1.165) is 6.42 Å². The fourth-order valence-corrected chi connectivity index (χ4v) is 5.96. The molecule has 7 aromatic rings. The number of para-hydroxylation sites is 2. The third kappa shape index (κ3) is 2.65. The summed E-state index contributed by atoms with van der Waals surface area (Å²) in [5.41, 5.74) is 8.84. The van der Waals surface area contributed by atoms with Gasteiger partial charge in [-0.25, -0.2) is 0 Å². The highest BCUT2D eigenvalue weighted by Crippen LogP contribution is 2.50. The van der Waals surface area contributed by atoms with Crippen molar-refractivity contribution < 1.29 is 0 Å². The summed E-state index contributed by atoms with van der Waals surface area (Å²) >= 11 is 0.